The van der Waals surface area contributed by atoms with Gasteiger partial charge < -0.3 is 5.32 Å². The maximum Gasteiger partial charge on any atom is 0.0855 e. The van der Waals surface area contributed by atoms with Crippen LogP contribution in [0.2, 0.25) is 5.02 Å². The third kappa shape index (κ3) is 2.49. The molecule has 1 aliphatic heterocycles. The van der Waals surface area contributed by atoms with Crippen molar-refractivity contribution in [1.29, 1.82) is 0 Å². The van der Waals surface area contributed by atoms with Crippen molar-refractivity contribution in [3.8, 4) is 0 Å². The summed E-state index contributed by atoms with van der Waals surface area (Å²) >= 11 is 8.11. The predicted octanol–water partition coefficient (Wildman–Crippen LogP) is 1.83. The van der Waals surface area contributed by atoms with Gasteiger partial charge in [-0.05, 0) is 31.7 Å². The molecular weight excluding hydrogens is 230 g/mol. The minimum Gasteiger partial charge on any atom is -0.316 e. The second-order valence-corrected chi connectivity index (χ2v) is 5.42. The van der Waals surface area contributed by atoms with Gasteiger partial charge in [0.05, 0.1) is 16.4 Å². The quantitative estimate of drug-likeness (QED) is 0.878. The van der Waals surface area contributed by atoms with Crippen molar-refractivity contribution in [3.05, 3.63) is 16.4 Å². The number of halogens is 1. The van der Waals surface area contributed by atoms with Crippen molar-refractivity contribution in [1.82, 2.24) is 15.1 Å². The Bertz CT molecular complexity index is 347. The second-order valence-electron chi connectivity index (χ2n) is 4.01. The molecule has 2 heterocycles. The highest BCUT2D eigenvalue weighted by Gasteiger charge is 2.17. The minimum atomic E-state index is 0.830. The SMILES string of the molecule is Cc1nn(C)c(CSCC2CNC2)c1Cl. The van der Waals surface area contributed by atoms with Crippen LogP contribution in [0.3, 0.4) is 0 Å². The topological polar surface area (TPSA) is 29.9 Å². The Morgan fingerprint density at radius 3 is 2.80 bits per heavy atom. The summed E-state index contributed by atoms with van der Waals surface area (Å²) in [5.74, 6) is 3.03. The third-order valence-electron chi connectivity index (χ3n) is 2.72. The van der Waals surface area contributed by atoms with Gasteiger partial charge in [0.15, 0.2) is 0 Å². The molecule has 1 aromatic rings. The number of hydrogen-bond donors (Lipinski definition) is 1. The summed E-state index contributed by atoms with van der Waals surface area (Å²) in [5, 5.41) is 8.41. The van der Waals surface area contributed by atoms with E-state index >= 15 is 0 Å². The highest BCUT2D eigenvalue weighted by Crippen LogP contribution is 2.25. The molecular formula is C10H16ClN3S. The maximum absolute atomic E-state index is 6.17. The van der Waals surface area contributed by atoms with E-state index in [-0.39, 0.29) is 0 Å². The van der Waals surface area contributed by atoms with E-state index in [1.807, 2.05) is 30.4 Å². The van der Waals surface area contributed by atoms with Gasteiger partial charge in [-0.1, -0.05) is 11.6 Å². The number of nitrogens with zero attached hydrogens (tertiary/aromatic N) is 2. The smallest absolute Gasteiger partial charge is 0.0855 e. The molecule has 0 atom stereocenters. The first-order valence-electron chi connectivity index (χ1n) is 5.15. The number of aromatic nitrogens is 2. The van der Waals surface area contributed by atoms with Crippen molar-refractivity contribution >= 4 is 23.4 Å². The van der Waals surface area contributed by atoms with Gasteiger partial charge in [-0.15, -0.1) is 0 Å². The standard InChI is InChI=1S/C10H16ClN3S/c1-7-10(11)9(14(2)13-7)6-15-5-8-3-12-4-8/h8,12H,3-6H2,1-2H3. The summed E-state index contributed by atoms with van der Waals surface area (Å²) in [7, 11) is 1.96. The molecule has 84 valence electrons. The lowest BCUT2D eigenvalue weighted by Gasteiger charge is -2.26. The van der Waals surface area contributed by atoms with Crippen LogP contribution in [-0.2, 0) is 12.8 Å². The molecule has 15 heavy (non-hydrogen) atoms. The van der Waals surface area contributed by atoms with Crippen LogP contribution < -0.4 is 5.32 Å². The van der Waals surface area contributed by atoms with Crippen LogP contribution in [0.1, 0.15) is 11.4 Å². The second kappa shape index (κ2) is 4.76. The molecule has 2 rings (SSSR count). The lowest BCUT2D eigenvalue weighted by Crippen LogP contribution is -2.43. The van der Waals surface area contributed by atoms with E-state index in [9.17, 15) is 0 Å². The first-order chi connectivity index (χ1) is 7.18. The van der Waals surface area contributed by atoms with Crippen molar-refractivity contribution in [2.24, 2.45) is 13.0 Å². The zero-order valence-electron chi connectivity index (χ0n) is 9.09. The molecule has 1 N–H and O–H groups in total. The summed E-state index contributed by atoms with van der Waals surface area (Å²) in [6, 6.07) is 0. The van der Waals surface area contributed by atoms with Crippen molar-refractivity contribution < 1.29 is 0 Å². The van der Waals surface area contributed by atoms with E-state index in [0.717, 1.165) is 28.1 Å². The lowest BCUT2D eigenvalue weighted by atomic mass is 10.1. The van der Waals surface area contributed by atoms with E-state index in [4.69, 9.17) is 11.6 Å². The van der Waals surface area contributed by atoms with Gasteiger partial charge >= 0.3 is 0 Å². The van der Waals surface area contributed by atoms with Gasteiger partial charge in [0, 0.05) is 12.8 Å². The first kappa shape index (κ1) is 11.3. The normalized spacial score (nSPS) is 16.7. The summed E-state index contributed by atoms with van der Waals surface area (Å²) < 4.78 is 1.89. The largest absolute Gasteiger partial charge is 0.316 e. The molecule has 1 aliphatic rings. The van der Waals surface area contributed by atoms with E-state index in [0.29, 0.717) is 0 Å². The van der Waals surface area contributed by atoms with Gasteiger partial charge in [0.1, 0.15) is 0 Å². The minimum absolute atomic E-state index is 0.830. The fourth-order valence-electron chi connectivity index (χ4n) is 1.63. The molecule has 0 unspecified atom stereocenters. The van der Waals surface area contributed by atoms with Crippen LogP contribution in [0, 0.1) is 12.8 Å². The molecule has 0 radical (unpaired) electrons. The van der Waals surface area contributed by atoms with Gasteiger partial charge in [-0.3, -0.25) is 4.68 Å². The molecule has 1 saturated heterocycles. The Morgan fingerprint density at radius 1 is 1.60 bits per heavy atom. The number of hydrogen-bond acceptors (Lipinski definition) is 3. The van der Waals surface area contributed by atoms with Crippen molar-refractivity contribution in [2.75, 3.05) is 18.8 Å². The Morgan fingerprint density at radius 2 is 2.33 bits per heavy atom. The number of thioether (sulfide) groups is 1. The summed E-state index contributed by atoms with van der Waals surface area (Å²) in [6.45, 7) is 4.29. The molecule has 0 aliphatic carbocycles. The average Bonchev–Trinajstić information content (AvgIpc) is 2.35. The van der Waals surface area contributed by atoms with Crippen LogP contribution in [0.5, 0.6) is 0 Å². The molecule has 1 aromatic heterocycles. The Labute approximate surface area is 99.6 Å². The highest BCUT2D eigenvalue weighted by molar-refractivity contribution is 7.98. The molecule has 0 aromatic carbocycles. The van der Waals surface area contributed by atoms with Crippen LogP contribution in [-0.4, -0.2) is 28.6 Å². The fourth-order valence-corrected chi connectivity index (χ4v) is 3.14. The summed E-state index contributed by atoms with van der Waals surface area (Å²) in [5.41, 5.74) is 2.08. The molecule has 0 bridgehead atoms. The molecule has 5 heteroatoms. The number of rotatable bonds is 4. The predicted molar refractivity (Wildman–Crippen MR) is 65.5 cm³/mol. The van der Waals surface area contributed by atoms with E-state index in [1.54, 1.807) is 0 Å². The van der Waals surface area contributed by atoms with Crippen LogP contribution in [0.15, 0.2) is 0 Å². The molecule has 0 saturated carbocycles. The maximum atomic E-state index is 6.17. The zero-order chi connectivity index (χ0) is 10.8. The van der Waals surface area contributed by atoms with Crippen LogP contribution in [0.4, 0.5) is 0 Å². The molecule has 0 amide bonds. The van der Waals surface area contributed by atoms with E-state index in [1.165, 1.54) is 18.8 Å². The van der Waals surface area contributed by atoms with E-state index < -0.39 is 0 Å². The van der Waals surface area contributed by atoms with Gasteiger partial charge in [0.2, 0.25) is 0 Å². The Balaban J connectivity index is 1.86. The zero-order valence-corrected chi connectivity index (χ0v) is 10.7. The molecule has 1 fully saturated rings. The fraction of sp³-hybridized carbons (Fsp3) is 0.700. The third-order valence-corrected chi connectivity index (χ3v) is 4.40. The average molecular weight is 246 g/mol. The Hall–Kier alpha value is -0.190. The van der Waals surface area contributed by atoms with E-state index in [2.05, 4.69) is 10.4 Å². The van der Waals surface area contributed by atoms with Crippen molar-refractivity contribution in [2.45, 2.75) is 12.7 Å². The lowest BCUT2D eigenvalue weighted by molar-refractivity contribution is 0.385. The first-order valence-corrected chi connectivity index (χ1v) is 6.68. The monoisotopic (exact) mass is 245 g/mol. The molecule has 0 spiro atoms. The summed E-state index contributed by atoms with van der Waals surface area (Å²) in [4.78, 5) is 0. The van der Waals surface area contributed by atoms with Gasteiger partial charge in [0.25, 0.3) is 0 Å². The van der Waals surface area contributed by atoms with Gasteiger partial charge in [-0.2, -0.15) is 16.9 Å². The van der Waals surface area contributed by atoms with Crippen molar-refractivity contribution in [3.63, 3.8) is 0 Å². The summed E-state index contributed by atoms with van der Waals surface area (Å²) in [6.07, 6.45) is 0. The highest BCUT2D eigenvalue weighted by atomic mass is 35.5. The molecule has 3 nitrogen and oxygen atoms in total. The van der Waals surface area contributed by atoms with Crippen LogP contribution in [0.25, 0.3) is 0 Å². The van der Waals surface area contributed by atoms with Gasteiger partial charge in [-0.25, -0.2) is 0 Å². The number of aryl methyl sites for hydroxylation is 2. The van der Waals surface area contributed by atoms with Crippen LogP contribution >= 0.6 is 23.4 Å². The Kier molecular flexibility index (Phi) is 3.59. The number of nitrogens with one attached hydrogen (secondary N) is 1.